The van der Waals surface area contributed by atoms with Crippen LogP contribution < -0.4 is 0 Å². The van der Waals surface area contributed by atoms with Crippen molar-refractivity contribution in [3.8, 4) is 0 Å². The van der Waals surface area contributed by atoms with Gasteiger partial charge >= 0.3 is 0 Å². The highest BCUT2D eigenvalue weighted by atomic mass is 15.1. The summed E-state index contributed by atoms with van der Waals surface area (Å²) in [4.78, 5) is 5.29. The molecule has 0 aliphatic carbocycles. The van der Waals surface area contributed by atoms with Crippen LogP contribution in [0.1, 0.15) is 79.6 Å². The van der Waals surface area contributed by atoms with Crippen LogP contribution in [0, 0.1) is 17.8 Å². The van der Waals surface area contributed by atoms with Gasteiger partial charge in [-0.2, -0.15) is 0 Å². The van der Waals surface area contributed by atoms with E-state index in [0.717, 1.165) is 17.8 Å². The van der Waals surface area contributed by atoms with Crippen molar-refractivity contribution in [2.75, 3.05) is 39.3 Å². The van der Waals surface area contributed by atoms with Crippen molar-refractivity contribution in [1.82, 2.24) is 9.80 Å². The van der Waals surface area contributed by atoms with Crippen molar-refractivity contribution in [2.24, 2.45) is 17.8 Å². The average Bonchev–Trinajstić information content (AvgIpc) is 2.57. The molecule has 0 radical (unpaired) electrons. The van der Waals surface area contributed by atoms with E-state index in [2.05, 4.69) is 44.4 Å². The highest BCUT2D eigenvalue weighted by Crippen LogP contribution is 2.30. The molecule has 0 bridgehead atoms. The molecule has 0 unspecified atom stereocenters. The summed E-state index contributed by atoms with van der Waals surface area (Å²) in [5.41, 5.74) is 0. The van der Waals surface area contributed by atoms with Gasteiger partial charge in [0.25, 0.3) is 0 Å². The van der Waals surface area contributed by atoms with E-state index >= 15 is 0 Å². The molecule has 2 aliphatic rings. The van der Waals surface area contributed by atoms with Crippen molar-refractivity contribution in [3.63, 3.8) is 0 Å². The average molecular weight is 325 g/mol. The summed E-state index contributed by atoms with van der Waals surface area (Å²) in [6.07, 6.45) is 9.99. The Labute approximate surface area is 147 Å². The summed E-state index contributed by atoms with van der Waals surface area (Å²) in [6, 6.07) is 0. The van der Waals surface area contributed by atoms with Gasteiger partial charge in [-0.25, -0.2) is 0 Å². The zero-order valence-electron chi connectivity index (χ0n) is 16.8. The highest BCUT2D eigenvalue weighted by Gasteiger charge is 2.25. The summed E-state index contributed by atoms with van der Waals surface area (Å²) in [6.45, 7) is 19.3. The first kappa shape index (κ1) is 21.0. The molecule has 0 amide bonds. The lowest BCUT2D eigenvalue weighted by Gasteiger charge is -2.37. The number of unbranched alkanes of at least 4 members (excludes halogenated alkanes) is 1. The minimum Gasteiger partial charge on any atom is -0.304 e. The van der Waals surface area contributed by atoms with Crippen LogP contribution in [0.25, 0.3) is 0 Å². The normalized spacial score (nSPS) is 22.2. The fraction of sp³-hybridized carbons (Fsp3) is 1.00. The van der Waals surface area contributed by atoms with Gasteiger partial charge in [-0.05, 0) is 82.6 Å². The Morgan fingerprint density at radius 3 is 1.52 bits per heavy atom. The Kier molecular flexibility index (Phi) is 11.2. The lowest BCUT2D eigenvalue weighted by molar-refractivity contribution is 0.129. The van der Waals surface area contributed by atoms with Crippen molar-refractivity contribution in [1.29, 1.82) is 0 Å². The zero-order chi connectivity index (χ0) is 17.1. The van der Waals surface area contributed by atoms with Gasteiger partial charge in [0.05, 0.1) is 0 Å². The maximum Gasteiger partial charge on any atom is 0.000439 e. The molecule has 2 nitrogen and oxygen atoms in total. The summed E-state index contributed by atoms with van der Waals surface area (Å²) in [5.74, 6) is 2.89. The van der Waals surface area contributed by atoms with Crippen molar-refractivity contribution in [3.05, 3.63) is 0 Å². The SMILES string of the molecule is CCCC.CCN1CCC(CC2CCN(CC(C)C)CC2)CC1. The fourth-order valence-electron chi connectivity index (χ4n) is 3.93. The molecule has 0 aromatic heterocycles. The van der Waals surface area contributed by atoms with Crippen LogP contribution in [-0.2, 0) is 0 Å². The number of piperidine rings is 2. The maximum atomic E-state index is 2.68. The van der Waals surface area contributed by atoms with Gasteiger partial charge in [-0.3, -0.25) is 0 Å². The van der Waals surface area contributed by atoms with Crippen LogP contribution in [0.4, 0.5) is 0 Å². The van der Waals surface area contributed by atoms with Gasteiger partial charge in [-0.1, -0.05) is 47.5 Å². The minimum absolute atomic E-state index is 0.829. The van der Waals surface area contributed by atoms with E-state index in [9.17, 15) is 0 Å². The van der Waals surface area contributed by atoms with E-state index in [1.54, 1.807) is 0 Å². The molecule has 2 saturated heterocycles. The predicted molar refractivity (Wildman–Crippen MR) is 104 cm³/mol. The Hall–Kier alpha value is -0.0800. The highest BCUT2D eigenvalue weighted by molar-refractivity contribution is 4.78. The van der Waals surface area contributed by atoms with Crippen LogP contribution in [0.5, 0.6) is 0 Å². The first-order valence-corrected chi connectivity index (χ1v) is 10.5. The van der Waals surface area contributed by atoms with Crippen LogP contribution in [0.2, 0.25) is 0 Å². The van der Waals surface area contributed by atoms with Crippen molar-refractivity contribution < 1.29 is 0 Å². The van der Waals surface area contributed by atoms with E-state index in [4.69, 9.17) is 0 Å². The molecule has 0 aromatic rings. The molecule has 2 aliphatic heterocycles. The molecule has 0 saturated carbocycles. The van der Waals surface area contributed by atoms with Gasteiger partial charge < -0.3 is 9.80 Å². The second-order valence-corrected chi connectivity index (χ2v) is 8.25. The third-order valence-electron chi connectivity index (χ3n) is 5.65. The first-order valence-electron chi connectivity index (χ1n) is 10.5. The van der Waals surface area contributed by atoms with Gasteiger partial charge in [0.2, 0.25) is 0 Å². The topological polar surface area (TPSA) is 6.48 Å². The molecule has 0 atom stereocenters. The van der Waals surface area contributed by atoms with Gasteiger partial charge in [0, 0.05) is 6.54 Å². The monoisotopic (exact) mass is 324 g/mol. The number of likely N-dealkylation sites (tertiary alicyclic amines) is 2. The lowest BCUT2D eigenvalue weighted by Crippen LogP contribution is -2.38. The zero-order valence-corrected chi connectivity index (χ0v) is 16.8. The third-order valence-corrected chi connectivity index (χ3v) is 5.65. The third kappa shape index (κ3) is 9.10. The van der Waals surface area contributed by atoms with E-state index in [1.165, 1.54) is 84.2 Å². The fourth-order valence-corrected chi connectivity index (χ4v) is 3.93. The van der Waals surface area contributed by atoms with E-state index in [-0.39, 0.29) is 0 Å². The van der Waals surface area contributed by atoms with Crippen LogP contribution in [0.15, 0.2) is 0 Å². The van der Waals surface area contributed by atoms with Gasteiger partial charge in [-0.15, -0.1) is 0 Å². The summed E-state index contributed by atoms with van der Waals surface area (Å²) in [5, 5.41) is 0. The molecular formula is C21H44N2. The molecule has 2 fully saturated rings. The number of hydrogen-bond acceptors (Lipinski definition) is 2. The van der Waals surface area contributed by atoms with E-state index in [1.807, 2.05) is 0 Å². The number of nitrogens with zero attached hydrogens (tertiary/aromatic N) is 2. The molecule has 2 heterocycles. The molecule has 0 aromatic carbocycles. The van der Waals surface area contributed by atoms with Gasteiger partial charge in [0.1, 0.15) is 0 Å². The molecule has 2 rings (SSSR count). The largest absolute Gasteiger partial charge is 0.304 e. The Morgan fingerprint density at radius 1 is 0.739 bits per heavy atom. The van der Waals surface area contributed by atoms with Gasteiger partial charge in [0.15, 0.2) is 0 Å². The summed E-state index contributed by atoms with van der Waals surface area (Å²) in [7, 11) is 0. The Bertz CT molecular complexity index is 259. The lowest BCUT2D eigenvalue weighted by atomic mass is 9.82. The van der Waals surface area contributed by atoms with Crippen LogP contribution in [0.3, 0.4) is 0 Å². The molecule has 138 valence electrons. The summed E-state index contributed by atoms with van der Waals surface area (Å²) < 4.78 is 0. The van der Waals surface area contributed by atoms with Crippen LogP contribution in [-0.4, -0.2) is 49.1 Å². The molecule has 23 heavy (non-hydrogen) atoms. The quantitative estimate of drug-likeness (QED) is 0.655. The Morgan fingerprint density at radius 2 is 1.17 bits per heavy atom. The molecule has 0 N–H and O–H groups in total. The maximum absolute atomic E-state index is 2.68. The minimum atomic E-state index is 0.829. The molecule has 0 spiro atoms. The smallest absolute Gasteiger partial charge is 0.000439 e. The molecule has 2 heteroatoms. The Balaban J connectivity index is 0.000000593. The number of hydrogen-bond donors (Lipinski definition) is 0. The second-order valence-electron chi connectivity index (χ2n) is 8.25. The van der Waals surface area contributed by atoms with Crippen LogP contribution >= 0.6 is 0 Å². The van der Waals surface area contributed by atoms with E-state index < -0.39 is 0 Å². The first-order chi connectivity index (χ1) is 11.1. The summed E-state index contributed by atoms with van der Waals surface area (Å²) >= 11 is 0. The second kappa shape index (κ2) is 12.3. The van der Waals surface area contributed by atoms with Crippen molar-refractivity contribution >= 4 is 0 Å². The number of rotatable bonds is 6. The predicted octanol–water partition coefficient (Wildman–Crippen LogP) is 5.28. The van der Waals surface area contributed by atoms with Crippen molar-refractivity contribution in [2.45, 2.75) is 79.6 Å². The standard InChI is InChI=1S/C17H34N2.C4H10/c1-4-18-9-5-16(6-10-18)13-17-7-11-19(12-8-17)14-15(2)3;1-3-4-2/h15-17H,4-14H2,1-3H3;3-4H2,1-2H3. The molecular weight excluding hydrogens is 280 g/mol. The van der Waals surface area contributed by atoms with E-state index in [0.29, 0.717) is 0 Å².